The molecule has 7 nitrogen and oxygen atoms in total. The summed E-state index contributed by atoms with van der Waals surface area (Å²) in [5.41, 5.74) is 6.88. The molecule has 0 unspecified atom stereocenters. The molecule has 43 heavy (non-hydrogen) atoms. The summed E-state index contributed by atoms with van der Waals surface area (Å²) < 4.78 is 27.5. The Bertz CT molecular complexity index is 1670. The zero-order valence-electron chi connectivity index (χ0n) is 24.4. The fourth-order valence-corrected chi connectivity index (χ4v) is 7.45. The minimum atomic E-state index is -3.48. The number of sulfonamides is 1. The van der Waals surface area contributed by atoms with Crippen LogP contribution in [0.4, 0.5) is 0 Å². The van der Waals surface area contributed by atoms with Crippen LogP contribution in [0, 0.1) is 0 Å². The number of fused-ring (bicyclic) bond motifs is 1. The van der Waals surface area contributed by atoms with Crippen LogP contribution in [0.2, 0.25) is 0 Å². The van der Waals surface area contributed by atoms with E-state index in [1.54, 1.807) is 28.6 Å². The number of piperazine rings is 1. The van der Waals surface area contributed by atoms with E-state index in [0.717, 1.165) is 37.2 Å². The second kappa shape index (κ2) is 13.2. The number of hydrogen-bond donors (Lipinski definition) is 1. The van der Waals surface area contributed by atoms with Crippen LogP contribution in [0.15, 0.2) is 108 Å². The molecular formula is C35H38N4O3S. The first-order valence-corrected chi connectivity index (χ1v) is 16.4. The second-order valence-electron chi connectivity index (χ2n) is 11.4. The van der Waals surface area contributed by atoms with Crippen LogP contribution < -0.4 is 5.32 Å². The number of benzene rings is 4. The zero-order chi connectivity index (χ0) is 29.6. The van der Waals surface area contributed by atoms with Crippen molar-refractivity contribution in [1.82, 2.24) is 19.4 Å². The van der Waals surface area contributed by atoms with Crippen molar-refractivity contribution in [2.75, 3.05) is 32.7 Å². The van der Waals surface area contributed by atoms with Gasteiger partial charge < -0.3 is 5.32 Å². The maximum absolute atomic E-state index is 13.1. The van der Waals surface area contributed by atoms with Gasteiger partial charge in [-0.1, -0.05) is 78.9 Å². The van der Waals surface area contributed by atoms with E-state index < -0.39 is 10.0 Å². The molecule has 2 aliphatic rings. The Hall–Kier alpha value is -3.82. The van der Waals surface area contributed by atoms with Crippen molar-refractivity contribution in [2.24, 2.45) is 0 Å². The highest BCUT2D eigenvalue weighted by Gasteiger charge is 2.28. The Morgan fingerprint density at radius 2 is 1.30 bits per heavy atom. The highest BCUT2D eigenvalue weighted by molar-refractivity contribution is 7.89. The topological polar surface area (TPSA) is 73.0 Å². The lowest BCUT2D eigenvalue weighted by molar-refractivity contribution is 0.0950. The number of nitrogens with one attached hydrogen (secondary N) is 1. The van der Waals surface area contributed by atoms with Gasteiger partial charge in [0.05, 0.1) is 4.90 Å². The maximum atomic E-state index is 13.1. The van der Waals surface area contributed by atoms with E-state index in [4.69, 9.17) is 0 Å². The number of nitrogens with zero attached hydrogens (tertiary/aromatic N) is 3. The second-order valence-corrected chi connectivity index (χ2v) is 13.4. The first-order valence-electron chi connectivity index (χ1n) is 15.0. The van der Waals surface area contributed by atoms with Gasteiger partial charge in [0.2, 0.25) is 10.0 Å². The SMILES string of the molecule is O=C(NCc1cccc(CN2CCc3ccccc3C2)c1)c1cccc(CN2CCN(S(=O)(=O)c3ccccc3)CC2)c1. The van der Waals surface area contributed by atoms with Crippen LogP contribution in [0.1, 0.15) is 38.2 Å². The van der Waals surface area contributed by atoms with Crippen LogP contribution in [0.3, 0.4) is 0 Å². The lowest BCUT2D eigenvalue weighted by Crippen LogP contribution is -2.48. The molecule has 2 aliphatic heterocycles. The average molecular weight is 595 g/mol. The van der Waals surface area contributed by atoms with E-state index in [-0.39, 0.29) is 5.91 Å². The number of carbonyl (C=O) groups is 1. The smallest absolute Gasteiger partial charge is 0.251 e. The lowest BCUT2D eigenvalue weighted by atomic mass is 9.99. The summed E-state index contributed by atoms with van der Waals surface area (Å²) in [5.74, 6) is -0.0985. The first-order chi connectivity index (χ1) is 20.9. The van der Waals surface area contributed by atoms with Gasteiger partial charge in [-0.25, -0.2) is 8.42 Å². The van der Waals surface area contributed by atoms with Crippen LogP contribution in [0.25, 0.3) is 0 Å². The quantitative estimate of drug-likeness (QED) is 0.305. The van der Waals surface area contributed by atoms with E-state index in [1.807, 2.05) is 30.3 Å². The number of amides is 1. The molecule has 6 rings (SSSR count). The van der Waals surface area contributed by atoms with E-state index >= 15 is 0 Å². The predicted octanol–water partition coefficient (Wildman–Crippen LogP) is 4.68. The van der Waals surface area contributed by atoms with Gasteiger partial charge in [0.1, 0.15) is 0 Å². The third-order valence-corrected chi connectivity index (χ3v) is 10.3. The Balaban J connectivity index is 0.997. The Morgan fingerprint density at radius 3 is 2.09 bits per heavy atom. The van der Waals surface area contributed by atoms with Crippen LogP contribution >= 0.6 is 0 Å². The molecule has 0 spiro atoms. The summed E-state index contributed by atoms with van der Waals surface area (Å²) in [4.78, 5) is 18.1. The van der Waals surface area contributed by atoms with Gasteiger partial charge in [-0.05, 0) is 58.5 Å². The normalized spacial score (nSPS) is 16.5. The monoisotopic (exact) mass is 594 g/mol. The molecule has 8 heteroatoms. The first kappa shape index (κ1) is 29.3. The lowest BCUT2D eigenvalue weighted by Gasteiger charge is -2.34. The molecular weight excluding hydrogens is 556 g/mol. The van der Waals surface area contributed by atoms with Gasteiger partial charge in [0.25, 0.3) is 5.91 Å². The predicted molar refractivity (Wildman–Crippen MR) is 169 cm³/mol. The molecule has 1 amide bonds. The number of rotatable bonds is 9. The molecule has 0 saturated carbocycles. The van der Waals surface area contributed by atoms with Crippen LogP contribution in [-0.4, -0.2) is 61.2 Å². The Labute approximate surface area is 254 Å². The van der Waals surface area contributed by atoms with Gasteiger partial charge >= 0.3 is 0 Å². The molecule has 1 saturated heterocycles. The van der Waals surface area contributed by atoms with Crippen molar-refractivity contribution in [2.45, 2.75) is 37.5 Å². The molecule has 2 heterocycles. The van der Waals surface area contributed by atoms with Gasteiger partial charge in [-0.3, -0.25) is 14.6 Å². The summed E-state index contributed by atoms with van der Waals surface area (Å²) in [5, 5.41) is 3.09. The van der Waals surface area contributed by atoms with Crippen LogP contribution in [0.5, 0.6) is 0 Å². The van der Waals surface area contributed by atoms with E-state index in [1.165, 1.54) is 16.7 Å². The summed E-state index contributed by atoms with van der Waals surface area (Å²) in [6, 6.07) is 33.5. The molecule has 0 radical (unpaired) electrons. The molecule has 0 aromatic heterocycles. The molecule has 222 valence electrons. The van der Waals surface area contributed by atoms with Gasteiger partial charge in [-0.2, -0.15) is 4.31 Å². The molecule has 0 aliphatic carbocycles. The summed E-state index contributed by atoms with van der Waals surface area (Å²) in [7, 11) is -3.48. The fourth-order valence-electron chi connectivity index (χ4n) is 6.01. The molecule has 0 bridgehead atoms. The summed E-state index contributed by atoms with van der Waals surface area (Å²) in [6.07, 6.45) is 1.08. The van der Waals surface area contributed by atoms with Gasteiger partial charge in [0.15, 0.2) is 0 Å². The number of hydrogen-bond acceptors (Lipinski definition) is 5. The third-order valence-electron chi connectivity index (χ3n) is 8.37. The number of carbonyl (C=O) groups excluding carboxylic acids is 1. The van der Waals surface area contributed by atoms with Crippen molar-refractivity contribution in [3.8, 4) is 0 Å². The van der Waals surface area contributed by atoms with Crippen molar-refractivity contribution in [1.29, 1.82) is 0 Å². The van der Waals surface area contributed by atoms with E-state index in [9.17, 15) is 13.2 Å². The average Bonchev–Trinajstić information content (AvgIpc) is 3.04. The van der Waals surface area contributed by atoms with Crippen molar-refractivity contribution in [3.63, 3.8) is 0 Å². The van der Waals surface area contributed by atoms with Crippen LogP contribution in [-0.2, 0) is 42.6 Å². The molecule has 0 atom stereocenters. The van der Waals surface area contributed by atoms with E-state index in [0.29, 0.717) is 49.7 Å². The molecule has 1 fully saturated rings. The van der Waals surface area contributed by atoms with Crippen molar-refractivity contribution in [3.05, 3.63) is 137 Å². The standard InChI is InChI=1S/C35H38N4O3S/c40-35(36-24-28-8-6-9-29(22-28)26-38-17-16-31-11-4-5-12-33(31)27-38)32-13-7-10-30(23-32)25-37-18-20-39(21-19-37)43(41,42)34-14-2-1-3-15-34/h1-15,22-23H,16-21,24-27H2,(H,36,40). The highest BCUT2D eigenvalue weighted by Crippen LogP contribution is 2.21. The Kier molecular flexibility index (Phi) is 9.00. The minimum absolute atomic E-state index is 0.0985. The molecule has 4 aromatic rings. The van der Waals surface area contributed by atoms with Crippen molar-refractivity contribution < 1.29 is 13.2 Å². The van der Waals surface area contributed by atoms with Gasteiger partial charge in [-0.15, -0.1) is 0 Å². The maximum Gasteiger partial charge on any atom is 0.251 e. The van der Waals surface area contributed by atoms with Gasteiger partial charge in [0, 0.05) is 64.5 Å². The largest absolute Gasteiger partial charge is 0.348 e. The van der Waals surface area contributed by atoms with E-state index in [2.05, 4.69) is 63.6 Å². The summed E-state index contributed by atoms with van der Waals surface area (Å²) in [6.45, 7) is 6.23. The zero-order valence-corrected chi connectivity index (χ0v) is 25.2. The Morgan fingerprint density at radius 1 is 0.651 bits per heavy atom. The fraction of sp³-hybridized carbons (Fsp3) is 0.286. The molecule has 4 aromatic carbocycles. The summed E-state index contributed by atoms with van der Waals surface area (Å²) >= 11 is 0. The minimum Gasteiger partial charge on any atom is -0.348 e. The highest BCUT2D eigenvalue weighted by atomic mass is 32.2. The third kappa shape index (κ3) is 7.22. The van der Waals surface area contributed by atoms with Crippen molar-refractivity contribution >= 4 is 15.9 Å². The molecule has 1 N–H and O–H groups in total.